The third kappa shape index (κ3) is 3.15. The van der Waals surface area contributed by atoms with Gasteiger partial charge in [0.25, 0.3) is 0 Å². The van der Waals surface area contributed by atoms with Crippen molar-refractivity contribution in [1.29, 1.82) is 0 Å². The summed E-state index contributed by atoms with van der Waals surface area (Å²) < 4.78 is 0. The lowest BCUT2D eigenvalue weighted by Gasteiger charge is -2.35. The molecule has 0 spiro atoms. The highest BCUT2D eigenvalue weighted by atomic mass is 16.2. The maximum Gasteiger partial charge on any atom is 0.233 e. The van der Waals surface area contributed by atoms with Gasteiger partial charge in [-0.1, -0.05) is 20.3 Å². The van der Waals surface area contributed by atoms with E-state index >= 15 is 0 Å². The van der Waals surface area contributed by atoms with E-state index in [0.29, 0.717) is 5.82 Å². The first-order valence-electron chi connectivity index (χ1n) is 7.26. The molecule has 3 N–H and O–H groups in total. The molecule has 1 amide bonds. The number of carbonyl (C=O) groups is 1. The number of nitrogens with zero attached hydrogens (tertiary/aromatic N) is 1. The van der Waals surface area contributed by atoms with Crippen molar-refractivity contribution in [2.45, 2.75) is 46.0 Å². The van der Waals surface area contributed by atoms with Crippen LogP contribution in [-0.2, 0) is 11.2 Å². The van der Waals surface area contributed by atoms with Crippen molar-refractivity contribution in [1.82, 2.24) is 15.5 Å². The Kier molecular flexibility index (Phi) is 4.58. The molecule has 19 heavy (non-hydrogen) atoms. The molecule has 0 bridgehead atoms. The monoisotopic (exact) mass is 264 g/mol. The highest BCUT2D eigenvalue weighted by Crippen LogP contribution is 2.32. The number of aryl methyl sites for hydroxylation is 1. The third-order valence-corrected chi connectivity index (χ3v) is 3.94. The number of aromatic nitrogens is 2. The Balaban J connectivity index is 2.06. The number of hydrogen-bond acceptors (Lipinski definition) is 3. The zero-order valence-electron chi connectivity index (χ0n) is 11.9. The van der Waals surface area contributed by atoms with Crippen LogP contribution in [0, 0.1) is 5.41 Å². The van der Waals surface area contributed by atoms with Crippen molar-refractivity contribution < 1.29 is 4.79 Å². The largest absolute Gasteiger partial charge is 0.316 e. The second-order valence-corrected chi connectivity index (χ2v) is 5.40. The van der Waals surface area contributed by atoms with E-state index in [-0.39, 0.29) is 11.3 Å². The fourth-order valence-electron chi connectivity index (χ4n) is 2.82. The Bertz CT molecular complexity index is 415. The molecule has 5 nitrogen and oxygen atoms in total. The molecule has 1 fully saturated rings. The van der Waals surface area contributed by atoms with Gasteiger partial charge in [0.1, 0.15) is 0 Å². The molecule has 2 rings (SSSR count). The van der Waals surface area contributed by atoms with Crippen LogP contribution in [-0.4, -0.2) is 29.2 Å². The van der Waals surface area contributed by atoms with Crippen LogP contribution < -0.4 is 10.6 Å². The molecule has 106 valence electrons. The Morgan fingerprint density at radius 1 is 1.53 bits per heavy atom. The molecule has 1 aliphatic heterocycles. The van der Waals surface area contributed by atoms with E-state index < -0.39 is 0 Å². The average molecular weight is 264 g/mol. The second-order valence-electron chi connectivity index (χ2n) is 5.40. The number of H-pyrrole nitrogens is 1. The van der Waals surface area contributed by atoms with Crippen LogP contribution in [0.2, 0.25) is 0 Å². The van der Waals surface area contributed by atoms with Crippen LogP contribution in [0.4, 0.5) is 5.82 Å². The molecule has 1 atom stereocenters. The van der Waals surface area contributed by atoms with E-state index in [0.717, 1.165) is 50.9 Å². The fourth-order valence-corrected chi connectivity index (χ4v) is 2.82. The van der Waals surface area contributed by atoms with Gasteiger partial charge in [-0.2, -0.15) is 5.10 Å². The number of nitrogens with one attached hydrogen (secondary N) is 3. The van der Waals surface area contributed by atoms with Crippen molar-refractivity contribution in [3.63, 3.8) is 0 Å². The van der Waals surface area contributed by atoms with Crippen LogP contribution in [0.3, 0.4) is 0 Å². The summed E-state index contributed by atoms with van der Waals surface area (Å²) in [4.78, 5) is 12.6. The Labute approximate surface area is 114 Å². The normalized spacial score (nSPS) is 23.3. The summed E-state index contributed by atoms with van der Waals surface area (Å²) >= 11 is 0. The molecule has 0 saturated carbocycles. The molecule has 5 heteroatoms. The SMILES string of the molecule is CCCC1(C(=O)Nc2cc(CC)[nH]n2)CCCNC1. The maximum absolute atomic E-state index is 12.6. The number of aromatic amines is 1. The van der Waals surface area contributed by atoms with Crippen LogP contribution in [0.5, 0.6) is 0 Å². The van der Waals surface area contributed by atoms with Crippen molar-refractivity contribution >= 4 is 11.7 Å². The van der Waals surface area contributed by atoms with E-state index in [2.05, 4.69) is 34.7 Å². The van der Waals surface area contributed by atoms with Gasteiger partial charge in [-0.15, -0.1) is 0 Å². The zero-order valence-corrected chi connectivity index (χ0v) is 11.9. The minimum Gasteiger partial charge on any atom is -0.316 e. The van der Waals surface area contributed by atoms with E-state index in [1.165, 1.54) is 0 Å². The molecule has 0 aliphatic carbocycles. The lowest BCUT2D eigenvalue weighted by atomic mass is 9.76. The average Bonchev–Trinajstić information content (AvgIpc) is 2.88. The standard InChI is InChI=1S/C14H24N4O/c1-3-6-14(7-5-8-15-10-14)13(19)16-12-9-11(4-2)17-18-12/h9,15H,3-8,10H2,1-2H3,(H2,16,17,18,19). The van der Waals surface area contributed by atoms with Gasteiger partial charge in [-0.3, -0.25) is 9.89 Å². The molecular formula is C14H24N4O. The zero-order chi connectivity index (χ0) is 13.7. The molecule has 0 radical (unpaired) electrons. The number of anilines is 1. The van der Waals surface area contributed by atoms with Crippen LogP contribution in [0.25, 0.3) is 0 Å². The van der Waals surface area contributed by atoms with E-state index in [4.69, 9.17) is 0 Å². The summed E-state index contributed by atoms with van der Waals surface area (Å²) in [6.07, 6.45) is 4.87. The number of piperidine rings is 1. The summed E-state index contributed by atoms with van der Waals surface area (Å²) in [7, 11) is 0. The molecule has 1 aromatic rings. The van der Waals surface area contributed by atoms with E-state index in [1.807, 2.05) is 6.07 Å². The second kappa shape index (κ2) is 6.19. The molecular weight excluding hydrogens is 240 g/mol. The van der Waals surface area contributed by atoms with Crippen molar-refractivity contribution in [2.24, 2.45) is 5.41 Å². The lowest BCUT2D eigenvalue weighted by molar-refractivity contribution is -0.127. The van der Waals surface area contributed by atoms with Crippen molar-refractivity contribution in [3.05, 3.63) is 11.8 Å². The summed E-state index contributed by atoms with van der Waals surface area (Å²) in [5.74, 6) is 0.749. The van der Waals surface area contributed by atoms with E-state index in [1.54, 1.807) is 0 Å². The number of hydrogen-bond donors (Lipinski definition) is 3. The summed E-state index contributed by atoms with van der Waals surface area (Å²) in [5, 5.41) is 13.4. The molecule has 1 aromatic heterocycles. The highest BCUT2D eigenvalue weighted by Gasteiger charge is 2.38. The van der Waals surface area contributed by atoms with Gasteiger partial charge in [0, 0.05) is 18.3 Å². The van der Waals surface area contributed by atoms with Gasteiger partial charge >= 0.3 is 0 Å². The fraction of sp³-hybridized carbons (Fsp3) is 0.714. The minimum atomic E-state index is -0.266. The van der Waals surface area contributed by atoms with Gasteiger partial charge in [0.2, 0.25) is 5.91 Å². The maximum atomic E-state index is 12.6. The number of rotatable bonds is 5. The Morgan fingerprint density at radius 2 is 2.37 bits per heavy atom. The van der Waals surface area contributed by atoms with Gasteiger partial charge < -0.3 is 10.6 Å². The Hall–Kier alpha value is -1.36. The van der Waals surface area contributed by atoms with E-state index in [9.17, 15) is 4.79 Å². The van der Waals surface area contributed by atoms with Crippen molar-refractivity contribution in [2.75, 3.05) is 18.4 Å². The number of carbonyl (C=O) groups excluding carboxylic acids is 1. The van der Waals surface area contributed by atoms with Crippen LogP contribution in [0.1, 0.15) is 45.2 Å². The smallest absolute Gasteiger partial charge is 0.233 e. The predicted molar refractivity (Wildman–Crippen MR) is 76.0 cm³/mol. The third-order valence-electron chi connectivity index (χ3n) is 3.94. The summed E-state index contributed by atoms with van der Waals surface area (Å²) in [5.41, 5.74) is 0.778. The van der Waals surface area contributed by atoms with Crippen molar-refractivity contribution in [3.8, 4) is 0 Å². The van der Waals surface area contributed by atoms with Gasteiger partial charge in [0.05, 0.1) is 5.41 Å². The van der Waals surface area contributed by atoms with Gasteiger partial charge in [0.15, 0.2) is 5.82 Å². The number of amides is 1. The minimum absolute atomic E-state index is 0.107. The predicted octanol–water partition coefficient (Wildman–Crippen LogP) is 2.08. The van der Waals surface area contributed by atoms with Gasteiger partial charge in [-0.25, -0.2) is 0 Å². The molecule has 1 unspecified atom stereocenters. The Morgan fingerprint density at radius 3 is 2.95 bits per heavy atom. The lowest BCUT2D eigenvalue weighted by Crippen LogP contribution is -2.48. The molecule has 1 aliphatic rings. The van der Waals surface area contributed by atoms with Crippen LogP contribution in [0.15, 0.2) is 6.07 Å². The first-order valence-corrected chi connectivity index (χ1v) is 7.26. The topological polar surface area (TPSA) is 69.8 Å². The summed E-state index contributed by atoms with van der Waals surface area (Å²) in [6, 6.07) is 1.91. The van der Waals surface area contributed by atoms with Gasteiger partial charge in [-0.05, 0) is 32.2 Å². The first kappa shape index (κ1) is 14.1. The summed E-state index contributed by atoms with van der Waals surface area (Å²) in [6.45, 7) is 5.98. The molecule has 1 saturated heterocycles. The molecule has 2 heterocycles. The molecule has 0 aromatic carbocycles. The van der Waals surface area contributed by atoms with Crippen LogP contribution >= 0.6 is 0 Å². The first-order chi connectivity index (χ1) is 9.20. The highest BCUT2D eigenvalue weighted by molar-refractivity contribution is 5.94. The quantitative estimate of drug-likeness (QED) is 0.762.